The Labute approximate surface area is 186 Å². The number of rotatable bonds is 8. The molecule has 0 aliphatic carbocycles. The van der Waals surface area contributed by atoms with E-state index < -0.39 is 23.1 Å². The van der Waals surface area contributed by atoms with Crippen LogP contribution in [0.25, 0.3) is 17.0 Å². The number of hydrogen-bond acceptors (Lipinski definition) is 7. The van der Waals surface area contributed by atoms with Gasteiger partial charge in [0.1, 0.15) is 35.3 Å². The highest BCUT2D eigenvalue weighted by Gasteiger charge is 2.17. The minimum atomic E-state index is -0.936. The van der Waals surface area contributed by atoms with Crippen molar-refractivity contribution in [3.63, 3.8) is 0 Å². The minimum Gasteiger partial charge on any atom is -0.497 e. The summed E-state index contributed by atoms with van der Waals surface area (Å²) in [6.07, 6.45) is 0. The van der Waals surface area contributed by atoms with E-state index in [0.717, 1.165) is 12.1 Å². The second-order valence-corrected chi connectivity index (χ2v) is 6.73. The third-order valence-corrected chi connectivity index (χ3v) is 4.71. The summed E-state index contributed by atoms with van der Waals surface area (Å²) in [5, 5.41) is 15.1. The van der Waals surface area contributed by atoms with E-state index in [1.54, 1.807) is 37.4 Å². The molecule has 1 N–H and O–H groups in total. The van der Waals surface area contributed by atoms with Gasteiger partial charge in [-0.15, -0.1) is 15.3 Å². The molecule has 170 valence electrons. The van der Waals surface area contributed by atoms with Gasteiger partial charge in [0.05, 0.1) is 26.3 Å². The lowest BCUT2D eigenvalue weighted by molar-refractivity contribution is 0.0938. The van der Waals surface area contributed by atoms with Crippen molar-refractivity contribution < 1.29 is 27.8 Å². The number of aromatic nitrogens is 4. The van der Waals surface area contributed by atoms with Gasteiger partial charge in [0.25, 0.3) is 5.91 Å². The molecule has 0 aliphatic heterocycles. The Morgan fingerprint density at radius 1 is 1.03 bits per heavy atom. The number of benzene rings is 2. The van der Waals surface area contributed by atoms with E-state index in [-0.39, 0.29) is 19.0 Å². The molecule has 0 saturated heterocycles. The van der Waals surface area contributed by atoms with Crippen LogP contribution >= 0.6 is 0 Å². The number of fused-ring (bicyclic) bond motifs is 1. The van der Waals surface area contributed by atoms with Gasteiger partial charge in [-0.05, 0) is 36.4 Å². The number of nitrogens with one attached hydrogen (secondary N) is 1. The summed E-state index contributed by atoms with van der Waals surface area (Å²) in [4.78, 5) is 12.0. The summed E-state index contributed by atoms with van der Waals surface area (Å²) in [5.74, 6) is -0.935. The van der Waals surface area contributed by atoms with Crippen molar-refractivity contribution >= 4 is 11.6 Å². The Balaban J connectivity index is 1.48. The summed E-state index contributed by atoms with van der Waals surface area (Å²) in [5.41, 5.74) is 0.456. The smallest absolute Gasteiger partial charge is 0.257 e. The summed E-state index contributed by atoms with van der Waals surface area (Å²) in [6, 6.07) is 11.7. The van der Waals surface area contributed by atoms with Crippen molar-refractivity contribution in [1.82, 2.24) is 25.1 Å². The maximum atomic E-state index is 13.7. The fourth-order valence-electron chi connectivity index (χ4n) is 3.13. The Morgan fingerprint density at radius 3 is 2.55 bits per heavy atom. The van der Waals surface area contributed by atoms with Crippen molar-refractivity contribution in [2.45, 2.75) is 0 Å². The van der Waals surface area contributed by atoms with Crippen molar-refractivity contribution in [2.24, 2.45) is 0 Å². The molecule has 0 fully saturated rings. The monoisotopic (exact) mass is 455 g/mol. The van der Waals surface area contributed by atoms with Gasteiger partial charge < -0.3 is 19.5 Å². The SMILES string of the molecule is COc1ccc(OC)c(-c2nnc3ccc(OCCNC(=O)c4c(F)cccc4F)nn23)c1. The molecule has 4 rings (SSSR count). The number of methoxy groups -OCH3 is 2. The predicted octanol–water partition coefficient (Wildman–Crippen LogP) is 2.90. The molecule has 0 atom stereocenters. The number of nitrogens with zero attached hydrogens (tertiary/aromatic N) is 4. The lowest BCUT2D eigenvalue weighted by Gasteiger charge is -2.10. The largest absolute Gasteiger partial charge is 0.497 e. The summed E-state index contributed by atoms with van der Waals surface area (Å²) in [7, 11) is 3.09. The van der Waals surface area contributed by atoms with E-state index in [9.17, 15) is 13.6 Å². The first kappa shape index (κ1) is 21.9. The number of ether oxygens (including phenoxy) is 3. The molecule has 0 bridgehead atoms. The second-order valence-electron chi connectivity index (χ2n) is 6.73. The average Bonchev–Trinajstić information content (AvgIpc) is 3.24. The molecule has 11 heteroatoms. The summed E-state index contributed by atoms with van der Waals surface area (Å²) >= 11 is 0. The standard InChI is InChI=1S/C22H19F2N5O4/c1-31-13-6-7-17(32-2)14(12-13)21-27-26-18-8-9-19(28-29(18)21)33-11-10-25-22(30)20-15(23)4-3-5-16(20)24/h3-9,12H,10-11H2,1-2H3,(H,25,30). The predicted molar refractivity (Wildman–Crippen MR) is 114 cm³/mol. The molecular weight excluding hydrogens is 436 g/mol. The Hall–Kier alpha value is -4.28. The van der Waals surface area contributed by atoms with Crippen LogP contribution in [0.4, 0.5) is 8.78 Å². The number of hydrogen-bond donors (Lipinski definition) is 1. The normalized spacial score (nSPS) is 10.8. The first-order valence-corrected chi connectivity index (χ1v) is 9.81. The maximum Gasteiger partial charge on any atom is 0.257 e. The average molecular weight is 455 g/mol. The Morgan fingerprint density at radius 2 is 1.82 bits per heavy atom. The van der Waals surface area contributed by atoms with E-state index in [4.69, 9.17) is 14.2 Å². The number of halogens is 2. The zero-order valence-electron chi connectivity index (χ0n) is 17.7. The lowest BCUT2D eigenvalue weighted by atomic mass is 10.2. The first-order valence-electron chi connectivity index (χ1n) is 9.81. The quantitative estimate of drug-likeness (QED) is 0.408. The van der Waals surface area contributed by atoms with Crippen molar-refractivity contribution in [2.75, 3.05) is 27.4 Å². The number of carbonyl (C=O) groups excluding carboxylic acids is 1. The molecule has 2 aromatic heterocycles. The molecule has 2 aromatic carbocycles. The highest BCUT2D eigenvalue weighted by molar-refractivity contribution is 5.94. The summed E-state index contributed by atoms with van der Waals surface area (Å²) < 4.78 is 45.2. The molecule has 0 saturated carbocycles. The van der Waals surface area contributed by atoms with Gasteiger partial charge in [-0.3, -0.25) is 4.79 Å². The van der Waals surface area contributed by atoms with Crippen LogP contribution in [0.1, 0.15) is 10.4 Å². The molecule has 2 heterocycles. The van der Waals surface area contributed by atoms with Gasteiger partial charge in [0.15, 0.2) is 11.5 Å². The topological polar surface area (TPSA) is 99.9 Å². The molecule has 33 heavy (non-hydrogen) atoms. The summed E-state index contributed by atoms with van der Waals surface area (Å²) in [6.45, 7) is 0.0192. The second kappa shape index (κ2) is 9.47. The van der Waals surface area contributed by atoms with Crippen LogP contribution in [0.5, 0.6) is 17.4 Å². The van der Waals surface area contributed by atoms with Crippen LogP contribution in [-0.4, -0.2) is 53.1 Å². The Bertz CT molecular complexity index is 1290. The number of carbonyl (C=O) groups is 1. The van der Waals surface area contributed by atoms with Gasteiger partial charge >= 0.3 is 0 Å². The van der Waals surface area contributed by atoms with E-state index in [1.807, 2.05) is 0 Å². The fraction of sp³-hybridized carbons (Fsp3) is 0.182. The Kier molecular flexibility index (Phi) is 6.29. The highest BCUT2D eigenvalue weighted by Crippen LogP contribution is 2.32. The van der Waals surface area contributed by atoms with E-state index >= 15 is 0 Å². The van der Waals surface area contributed by atoms with Crippen LogP contribution in [0.2, 0.25) is 0 Å². The first-order chi connectivity index (χ1) is 16.0. The van der Waals surface area contributed by atoms with Gasteiger partial charge in [0.2, 0.25) is 5.88 Å². The zero-order valence-corrected chi connectivity index (χ0v) is 17.7. The molecule has 1 amide bonds. The molecule has 0 unspecified atom stereocenters. The fourth-order valence-corrected chi connectivity index (χ4v) is 3.13. The van der Waals surface area contributed by atoms with E-state index in [1.165, 1.54) is 17.7 Å². The van der Waals surface area contributed by atoms with Crippen LogP contribution in [0, 0.1) is 11.6 Å². The van der Waals surface area contributed by atoms with Gasteiger partial charge in [-0.1, -0.05) is 6.07 Å². The van der Waals surface area contributed by atoms with Gasteiger partial charge in [-0.2, -0.15) is 4.52 Å². The van der Waals surface area contributed by atoms with Crippen LogP contribution in [0.15, 0.2) is 48.5 Å². The molecule has 4 aromatic rings. The van der Waals surface area contributed by atoms with Crippen LogP contribution in [0.3, 0.4) is 0 Å². The molecule has 0 aliphatic rings. The van der Waals surface area contributed by atoms with Crippen LogP contribution in [-0.2, 0) is 0 Å². The molecule has 9 nitrogen and oxygen atoms in total. The molecular formula is C22H19F2N5O4. The maximum absolute atomic E-state index is 13.7. The molecule has 0 spiro atoms. The number of amides is 1. The van der Waals surface area contributed by atoms with Crippen molar-refractivity contribution in [3.05, 3.63) is 65.7 Å². The highest BCUT2D eigenvalue weighted by atomic mass is 19.1. The zero-order chi connectivity index (χ0) is 23.4. The molecule has 0 radical (unpaired) electrons. The van der Waals surface area contributed by atoms with Crippen LogP contribution < -0.4 is 19.5 Å². The third-order valence-electron chi connectivity index (χ3n) is 4.71. The van der Waals surface area contributed by atoms with Gasteiger partial charge in [-0.25, -0.2) is 8.78 Å². The third kappa shape index (κ3) is 4.52. The van der Waals surface area contributed by atoms with E-state index in [0.29, 0.717) is 28.5 Å². The van der Waals surface area contributed by atoms with Crippen molar-refractivity contribution in [3.8, 4) is 28.8 Å². The van der Waals surface area contributed by atoms with Gasteiger partial charge in [0, 0.05) is 6.07 Å². The lowest BCUT2D eigenvalue weighted by Crippen LogP contribution is -2.29. The van der Waals surface area contributed by atoms with Crippen molar-refractivity contribution in [1.29, 1.82) is 0 Å². The van der Waals surface area contributed by atoms with E-state index in [2.05, 4.69) is 20.6 Å². The minimum absolute atomic E-state index is 0.00503.